The van der Waals surface area contributed by atoms with Crippen molar-refractivity contribution in [2.75, 3.05) is 19.6 Å². The summed E-state index contributed by atoms with van der Waals surface area (Å²) in [7, 11) is 0. The number of ether oxygens (including phenoxy) is 1. The lowest BCUT2D eigenvalue weighted by atomic mass is 9.74. The summed E-state index contributed by atoms with van der Waals surface area (Å²) in [5.41, 5.74) is -0.111. The molecule has 19 heavy (non-hydrogen) atoms. The van der Waals surface area contributed by atoms with Gasteiger partial charge in [-0.15, -0.1) is 0 Å². The van der Waals surface area contributed by atoms with Crippen LogP contribution in [-0.2, 0) is 4.84 Å². The summed E-state index contributed by atoms with van der Waals surface area (Å²) in [5.74, 6) is 2.20. The van der Waals surface area contributed by atoms with E-state index in [1.807, 2.05) is 30.3 Å². The van der Waals surface area contributed by atoms with Crippen LogP contribution in [-0.4, -0.2) is 36.0 Å². The van der Waals surface area contributed by atoms with Crippen LogP contribution in [0.15, 0.2) is 35.5 Å². The van der Waals surface area contributed by atoms with Gasteiger partial charge in [-0.25, -0.2) is 0 Å². The molecule has 4 aliphatic heterocycles. The number of fused-ring (bicyclic) bond motifs is 2. The molecule has 5 rings (SSSR count). The Morgan fingerprint density at radius 3 is 2.68 bits per heavy atom. The molecule has 1 aromatic carbocycles. The Hall–Kier alpha value is -1.55. The third-order valence-corrected chi connectivity index (χ3v) is 4.58. The van der Waals surface area contributed by atoms with E-state index in [1.54, 1.807) is 0 Å². The second-order valence-corrected chi connectivity index (χ2v) is 5.78. The molecule has 0 N–H and O–H groups in total. The van der Waals surface area contributed by atoms with E-state index in [1.165, 1.54) is 25.9 Å². The van der Waals surface area contributed by atoms with Gasteiger partial charge >= 0.3 is 0 Å². The molecule has 1 spiro atoms. The quantitative estimate of drug-likeness (QED) is 0.775. The number of piperidine rings is 3. The molecule has 1 unspecified atom stereocenters. The van der Waals surface area contributed by atoms with Crippen molar-refractivity contribution < 1.29 is 9.57 Å². The largest absolute Gasteiger partial charge is 0.440 e. The van der Waals surface area contributed by atoms with Crippen LogP contribution in [0.1, 0.15) is 19.3 Å². The fraction of sp³-hybridized carbons (Fsp3) is 0.533. The summed E-state index contributed by atoms with van der Waals surface area (Å²) < 4.78 is 5.82. The average Bonchev–Trinajstić information content (AvgIpc) is 2.84. The minimum atomic E-state index is -0.111. The molecule has 3 saturated heterocycles. The van der Waals surface area contributed by atoms with Crippen LogP contribution >= 0.6 is 0 Å². The van der Waals surface area contributed by atoms with Gasteiger partial charge in [-0.2, -0.15) is 0 Å². The van der Waals surface area contributed by atoms with E-state index < -0.39 is 0 Å². The van der Waals surface area contributed by atoms with Crippen molar-refractivity contribution in [2.24, 2.45) is 11.1 Å². The fourth-order valence-corrected chi connectivity index (χ4v) is 3.57. The first-order chi connectivity index (χ1) is 9.34. The predicted octanol–water partition coefficient (Wildman–Crippen LogP) is 2.26. The summed E-state index contributed by atoms with van der Waals surface area (Å²) in [6, 6.07) is 9.81. The average molecular weight is 258 g/mol. The van der Waals surface area contributed by atoms with Crippen molar-refractivity contribution in [2.45, 2.75) is 24.9 Å². The molecule has 4 nitrogen and oxygen atoms in total. The third kappa shape index (κ3) is 1.91. The van der Waals surface area contributed by atoms with E-state index in [9.17, 15) is 0 Å². The van der Waals surface area contributed by atoms with Crippen molar-refractivity contribution >= 4 is 5.90 Å². The first-order valence-corrected chi connectivity index (χ1v) is 7.04. The third-order valence-electron chi connectivity index (χ3n) is 4.58. The molecular weight excluding hydrogens is 240 g/mol. The van der Waals surface area contributed by atoms with E-state index in [-0.39, 0.29) is 5.60 Å². The zero-order valence-corrected chi connectivity index (χ0v) is 10.9. The van der Waals surface area contributed by atoms with Gasteiger partial charge in [0.25, 0.3) is 0 Å². The van der Waals surface area contributed by atoms with E-state index in [2.05, 4.69) is 10.1 Å². The van der Waals surface area contributed by atoms with Crippen LogP contribution in [0.2, 0.25) is 0 Å². The molecule has 1 atom stereocenters. The van der Waals surface area contributed by atoms with Gasteiger partial charge in [-0.3, -0.25) is 4.90 Å². The Morgan fingerprint density at radius 2 is 2.00 bits per heavy atom. The number of nitrogens with zero attached hydrogens (tertiary/aromatic N) is 2. The van der Waals surface area contributed by atoms with Gasteiger partial charge in [-0.1, -0.05) is 23.4 Å². The highest BCUT2D eigenvalue weighted by atomic mass is 16.7. The number of hydrogen-bond acceptors (Lipinski definition) is 4. The SMILES string of the molecule is c1ccc(OC2=NOC3(C2)CN2CCC3CC2)cc1. The number of rotatable bonds is 1. The van der Waals surface area contributed by atoms with Crippen molar-refractivity contribution in [1.82, 2.24) is 4.90 Å². The number of hydrogen-bond donors (Lipinski definition) is 0. The van der Waals surface area contributed by atoms with Gasteiger partial charge in [0, 0.05) is 12.5 Å². The summed E-state index contributed by atoms with van der Waals surface area (Å²) in [4.78, 5) is 8.31. The van der Waals surface area contributed by atoms with Gasteiger partial charge < -0.3 is 9.57 Å². The summed E-state index contributed by atoms with van der Waals surface area (Å²) in [6.07, 6.45) is 3.27. The van der Waals surface area contributed by atoms with E-state index in [0.29, 0.717) is 5.92 Å². The Bertz CT molecular complexity index is 494. The van der Waals surface area contributed by atoms with Crippen LogP contribution in [0.25, 0.3) is 0 Å². The molecule has 1 aromatic rings. The topological polar surface area (TPSA) is 34.1 Å². The van der Waals surface area contributed by atoms with Crippen molar-refractivity contribution in [1.29, 1.82) is 0 Å². The Kier molecular flexibility index (Phi) is 2.52. The van der Waals surface area contributed by atoms with E-state index >= 15 is 0 Å². The summed E-state index contributed by atoms with van der Waals surface area (Å²) in [5, 5.41) is 4.19. The monoisotopic (exact) mass is 258 g/mol. The van der Waals surface area contributed by atoms with Crippen molar-refractivity contribution in [3.05, 3.63) is 30.3 Å². The van der Waals surface area contributed by atoms with Crippen LogP contribution in [0.4, 0.5) is 0 Å². The lowest BCUT2D eigenvalue weighted by Crippen LogP contribution is -2.59. The molecule has 100 valence electrons. The van der Waals surface area contributed by atoms with Crippen molar-refractivity contribution in [3.63, 3.8) is 0 Å². The van der Waals surface area contributed by atoms with Gasteiger partial charge in [0.1, 0.15) is 5.75 Å². The molecule has 4 heteroatoms. The molecule has 3 fully saturated rings. The second-order valence-electron chi connectivity index (χ2n) is 5.78. The van der Waals surface area contributed by atoms with Crippen LogP contribution in [0, 0.1) is 5.92 Å². The minimum absolute atomic E-state index is 0.111. The van der Waals surface area contributed by atoms with Gasteiger partial charge in [0.15, 0.2) is 5.60 Å². The standard InChI is InChI=1S/C15H18N2O2/c1-2-4-13(5-3-1)18-14-10-15(19-16-14)11-17-8-6-12(15)7-9-17/h1-5,12H,6-11H2. The predicted molar refractivity (Wildman–Crippen MR) is 72.1 cm³/mol. The minimum Gasteiger partial charge on any atom is -0.440 e. The highest BCUT2D eigenvalue weighted by molar-refractivity contribution is 5.80. The van der Waals surface area contributed by atoms with Crippen LogP contribution in [0.5, 0.6) is 5.75 Å². The molecule has 0 amide bonds. The molecular formula is C15H18N2O2. The second kappa shape index (κ2) is 4.23. The zero-order chi connectivity index (χ0) is 12.7. The Morgan fingerprint density at radius 1 is 1.21 bits per heavy atom. The smallest absolute Gasteiger partial charge is 0.235 e. The number of oxime groups is 1. The molecule has 0 saturated carbocycles. The summed E-state index contributed by atoms with van der Waals surface area (Å²) >= 11 is 0. The molecule has 4 aliphatic rings. The summed E-state index contributed by atoms with van der Waals surface area (Å²) in [6.45, 7) is 3.43. The lowest BCUT2D eigenvalue weighted by Gasteiger charge is -2.49. The molecule has 2 bridgehead atoms. The van der Waals surface area contributed by atoms with Crippen LogP contribution in [0.3, 0.4) is 0 Å². The fourth-order valence-electron chi connectivity index (χ4n) is 3.57. The molecule has 0 aliphatic carbocycles. The maximum atomic E-state index is 5.82. The van der Waals surface area contributed by atoms with Gasteiger partial charge in [0.05, 0.1) is 6.42 Å². The van der Waals surface area contributed by atoms with E-state index in [4.69, 9.17) is 9.57 Å². The Labute approximate surface area is 113 Å². The maximum Gasteiger partial charge on any atom is 0.235 e. The van der Waals surface area contributed by atoms with Gasteiger partial charge in [-0.05, 0) is 38.1 Å². The van der Waals surface area contributed by atoms with Gasteiger partial charge in [0.2, 0.25) is 5.90 Å². The van der Waals surface area contributed by atoms with Crippen molar-refractivity contribution in [3.8, 4) is 5.75 Å². The lowest BCUT2D eigenvalue weighted by molar-refractivity contribution is -0.136. The van der Waals surface area contributed by atoms with Crippen LogP contribution < -0.4 is 4.74 Å². The number of benzene rings is 1. The first kappa shape index (κ1) is 11.3. The molecule has 4 heterocycles. The highest BCUT2D eigenvalue weighted by Crippen LogP contribution is 2.43. The normalized spacial score (nSPS) is 36.1. The van der Waals surface area contributed by atoms with E-state index in [0.717, 1.165) is 24.6 Å². The number of para-hydroxylation sites is 1. The maximum absolute atomic E-state index is 5.82. The first-order valence-electron chi connectivity index (χ1n) is 7.04. The molecule has 0 radical (unpaired) electrons. The highest BCUT2D eigenvalue weighted by Gasteiger charge is 2.53. The Balaban J connectivity index is 1.48. The molecule has 0 aromatic heterocycles. The zero-order valence-electron chi connectivity index (χ0n) is 10.9.